The van der Waals surface area contributed by atoms with Gasteiger partial charge >= 0.3 is 5.76 Å². The molecule has 1 heterocycles. The molecule has 0 radical (unpaired) electrons. The van der Waals surface area contributed by atoms with Crippen LogP contribution < -0.4 is 15.8 Å². The molecule has 7 nitrogen and oxygen atoms in total. The maximum Gasteiger partial charge on any atom is 0.421 e. The molecule has 0 aliphatic carbocycles. The largest absolute Gasteiger partial charge is 0.495 e. The van der Waals surface area contributed by atoms with E-state index in [9.17, 15) is 9.59 Å². The Bertz CT molecular complexity index is 977. The molecule has 0 fully saturated rings. The first kappa shape index (κ1) is 18.7. The van der Waals surface area contributed by atoms with E-state index in [1.165, 1.54) is 0 Å². The van der Waals surface area contributed by atoms with Crippen LogP contribution in [0.1, 0.15) is 13.3 Å². The SMILES string of the molecule is CCCN(CC(=O)Nc1ccccc1OC)Cn1c(=O)oc2ccccc21. The van der Waals surface area contributed by atoms with Gasteiger partial charge in [0.2, 0.25) is 5.91 Å². The Kier molecular flexibility index (Phi) is 5.93. The lowest BCUT2D eigenvalue weighted by molar-refractivity contribution is -0.117. The van der Waals surface area contributed by atoms with Crippen molar-refractivity contribution in [1.29, 1.82) is 0 Å². The number of oxazole rings is 1. The van der Waals surface area contributed by atoms with Crippen LogP contribution in [0.4, 0.5) is 5.69 Å². The Morgan fingerprint density at radius 1 is 1.19 bits per heavy atom. The molecule has 0 aliphatic heterocycles. The number of methoxy groups -OCH3 is 1. The molecule has 3 aromatic rings. The number of ether oxygens (including phenoxy) is 1. The fourth-order valence-corrected chi connectivity index (χ4v) is 3.00. The fourth-order valence-electron chi connectivity index (χ4n) is 3.00. The number of amides is 1. The number of benzene rings is 2. The summed E-state index contributed by atoms with van der Waals surface area (Å²) in [6.07, 6.45) is 0.854. The minimum Gasteiger partial charge on any atom is -0.495 e. The Balaban J connectivity index is 1.74. The molecule has 0 aliphatic rings. The van der Waals surface area contributed by atoms with Gasteiger partial charge in [0.25, 0.3) is 0 Å². The highest BCUT2D eigenvalue weighted by atomic mass is 16.5. The van der Waals surface area contributed by atoms with Crippen molar-refractivity contribution in [3.63, 3.8) is 0 Å². The predicted octanol–water partition coefficient (Wildman–Crippen LogP) is 2.91. The number of fused-ring (bicyclic) bond motifs is 1. The number of para-hydroxylation sites is 4. The monoisotopic (exact) mass is 369 g/mol. The van der Waals surface area contributed by atoms with E-state index in [0.29, 0.717) is 29.1 Å². The van der Waals surface area contributed by atoms with Crippen LogP contribution in [0.5, 0.6) is 5.75 Å². The second-order valence-electron chi connectivity index (χ2n) is 6.21. The summed E-state index contributed by atoms with van der Waals surface area (Å²) >= 11 is 0. The van der Waals surface area contributed by atoms with E-state index in [2.05, 4.69) is 5.32 Å². The summed E-state index contributed by atoms with van der Waals surface area (Å²) in [4.78, 5) is 26.6. The third kappa shape index (κ3) is 4.38. The van der Waals surface area contributed by atoms with Crippen LogP contribution in [0.2, 0.25) is 0 Å². The number of carbonyl (C=O) groups is 1. The van der Waals surface area contributed by atoms with E-state index in [-0.39, 0.29) is 19.1 Å². The van der Waals surface area contributed by atoms with Crippen molar-refractivity contribution in [2.45, 2.75) is 20.0 Å². The van der Waals surface area contributed by atoms with Gasteiger partial charge in [-0.1, -0.05) is 31.2 Å². The van der Waals surface area contributed by atoms with Crippen molar-refractivity contribution in [1.82, 2.24) is 9.47 Å². The van der Waals surface area contributed by atoms with Crippen LogP contribution in [0.25, 0.3) is 11.1 Å². The summed E-state index contributed by atoms with van der Waals surface area (Å²) in [5.74, 6) is 0.00109. The van der Waals surface area contributed by atoms with Gasteiger partial charge in [-0.15, -0.1) is 0 Å². The highest BCUT2D eigenvalue weighted by molar-refractivity contribution is 5.93. The molecule has 1 N–H and O–H groups in total. The average Bonchev–Trinajstić information content (AvgIpc) is 2.98. The number of aromatic nitrogens is 1. The van der Waals surface area contributed by atoms with E-state index in [0.717, 1.165) is 6.42 Å². The molecule has 3 rings (SSSR count). The molecule has 0 bridgehead atoms. The molecule has 0 unspecified atom stereocenters. The minimum atomic E-state index is -0.428. The lowest BCUT2D eigenvalue weighted by Gasteiger charge is -2.21. The Morgan fingerprint density at radius 3 is 2.70 bits per heavy atom. The Morgan fingerprint density at radius 2 is 1.93 bits per heavy atom. The quantitative estimate of drug-likeness (QED) is 0.661. The van der Waals surface area contributed by atoms with Crippen molar-refractivity contribution in [3.05, 3.63) is 59.1 Å². The van der Waals surface area contributed by atoms with Gasteiger partial charge in [-0.3, -0.25) is 14.3 Å². The van der Waals surface area contributed by atoms with Gasteiger partial charge in [0.1, 0.15) is 5.75 Å². The van der Waals surface area contributed by atoms with E-state index in [1.54, 1.807) is 29.9 Å². The number of nitrogens with zero attached hydrogens (tertiary/aromatic N) is 2. The molecular weight excluding hydrogens is 346 g/mol. The topological polar surface area (TPSA) is 76.7 Å². The smallest absolute Gasteiger partial charge is 0.421 e. The zero-order chi connectivity index (χ0) is 19.2. The van der Waals surface area contributed by atoms with Gasteiger partial charge in [-0.05, 0) is 30.7 Å². The minimum absolute atomic E-state index is 0.151. The van der Waals surface area contributed by atoms with E-state index in [4.69, 9.17) is 9.15 Å². The number of anilines is 1. The number of hydrogen-bond donors (Lipinski definition) is 1. The highest BCUT2D eigenvalue weighted by Gasteiger charge is 2.16. The van der Waals surface area contributed by atoms with Crippen LogP contribution in [0.3, 0.4) is 0 Å². The summed E-state index contributed by atoms with van der Waals surface area (Å²) in [5.41, 5.74) is 1.87. The van der Waals surface area contributed by atoms with Gasteiger partial charge in [0.15, 0.2) is 5.58 Å². The predicted molar refractivity (Wildman–Crippen MR) is 104 cm³/mol. The van der Waals surface area contributed by atoms with Crippen LogP contribution in [0, 0.1) is 0 Å². The lowest BCUT2D eigenvalue weighted by Crippen LogP contribution is -2.37. The third-order valence-electron chi connectivity index (χ3n) is 4.20. The maximum atomic E-state index is 12.5. The summed E-state index contributed by atoms with van der Waals surface area (Å²) < 4.78 is 12.1. The van der Waals surface area contributed by atoms with Crippen molar-refractivity contribution in [2.75, 3.05) is 25.5 Å². The molecule has 7 heteroatoms. The Hall–Kier alpha value is -3.06. The van der Waals surface area contributed by atoms with Gasteiger partial charge < -0.3 is 14.5 Å². The number of rotatable bonds is 8. The van der Waals surface area contributed by atoms with E-state index < -0.39 is 5.76 Å². The van der Waals surface area contributed by atoms with Crippen molar-refractivity contribution < 1.29 is 13.9 Å². The summed E-state index contributed by atoms with van der Waals surface area (Å²) in [6, 6.07) is 14.5. The maximum absolute atomic E-state index is 12.5. The van der Waals surface area contributed by atoms with E-state index >= 15 is 0 Å². The standard InChI is InChI=1S/C20H23N3O4/c1-3-12-22(13-19(24)21-15-8-4-6-10-17(15)26-2)14-23-16-9-5-7-11-18(16)27-20(23)25/h4-11H,3,12-14H2,1-2H3,(H,21,24). The molecule has 0 spiro atoms. The molecule has 27 heavy (non-hydrogen) atoms. The second kappa shape index (κ2) is 8.55. The van der Waals surface area contributed by atoms with Gasteiger partial charge in [0.05, 0.1) is 31.5 Å². The molecule has 0 saturated carbocycles. The van der Waals surface area contributed by atoms with Crippen molar-refractivity contribution in [2.24, 2.45) is 0 Å². The first-order chi connectivity index (χ1) is 13.1. The normalized spacial score (nSPS) is 11.1. The van der Waals surface area contributed by atoms with Gasteiger partial charge in [-0.2, -0.15) is 0 Å². The van der Waals surface area contributed by atoms with Crippen LogP contribution >= 0.6 is 0 Å². The summed E-state index contributed by atoms with van der Waals surface area (Å²) in [7, 11) is 1.56. The zero-order valence-electron chi connectivity index (χ0n) is 15.5. The second-order valence-corrected chi connectivity index (χ2v) is 6.21. The van der Waals surface area contributed by atoms with E-state index in [1.807, 2.05) is 42.2 Å². The fraction of sp³-hybridized carbons (Fsp3) is 0.300. The van der Waals surface area contributed by atoms with Crippen LogP contribution in [-0.4, -0.2) is 35.6 Å². The molecule has 0 saturated heterocycles. The summed E-state index contributed by atoms with van der Waals surface area (Å²) in [5, 5.41) is 2.87. The number of carbonyl (C=O) groups excluding carboxylic acids is 1. The molecule has 0 atom stereocenters. The molecule has 1 amide bonds. The van der Waals surface area contributed by atoms with Gasteiger partial charge in [-0.25, -0.2) is 4.79 Å². The average molecular weight is 369 g/mol. The lowest BCUT2D eigenvalue weighted by atomic mass is 10.3. The molecular formula is C20H23N3O4. The first-order valence-corrected chi connectivity index (χ1v) is 8.86. The molecule has 2 aromatic carbocycles. The first-order valence-electron chi connectivity index (χ1n) is 8.86. The number of hydrogen-bond acceptors (Lipinski definition) is 5. The van der Waals surface area contributed by atoms with Gasteiger partial charge in [0, 0.05) is 6.54 Å². The molecule has 1 aromatic heterocycles. The molecule has 142 valence electrons. The zero-order valence-corrected chi connectivity index (χ0v) is 15.5. The summed E-state index contributed by atoms with van der Waals surface area (Å²) in [6.45, 7) is 3.13. The van der Waals surface area contributed by atoms with Crippen LogP contribution in [0.15, 0.2) is 57.7 Å². The van der Waals surface area contributed by atoms with Crippen molar-refractivity contribution >= 4 is 22.7 Å². The highest BCUT2D eigenvalue weighted by Crippen LogP contribution is 2.23. The van der Waals surface area contributed by atoms with Crippen LogP contribution in [-0.2, 0) is 11.5 Å². The number of nitrogens with one attached hydrogen (secondary N) is 1. The Labute approximate surface area is 157 Å². The third-order valence-corrected chi connectivity index (χ3v) is 4.20. The van der Waals surface area contributed by atoms with Crippen molar-refractivity contribution in [3.8, 4) is 5.75 Å².